The van der Waals surface area contributed by atoms with Gasteiger partial charge in [0.25, 0.3) is 0 Å². The average Bonchev–Trinajstić information content (AvgIpc) is 3.43. The highest BCUT2D eigenvalue weighted by atomic mass is 16.7. The van der Waals surface area contributed by atoms with Crippen LogP contribution in [0.2, 0.25) is 0 Å². The summed E-state index contributed by atoms with van der Waals surface area (Å²) in [6.45, 7) is 2.55. The monoisotopic (exact) mass is 405 g/mol. The summed E-state index contributed by atoms with van der Waals surface area (Å²) < 4.78 is 7.98. The fraction of sp³-hybridized carbons (Fsp3) is 0.227. The number of nitrogens with zero attached hydrogens (tertiary/aromatic N) is 3. The number of rotatable bonds is 7. The molecule has 4 rings (SSSR count). The number of benzene rings is 1. The van der Waals surface area contributed by atoms with Gasteiger partial charge in [0.05, 0.1) is 17.9 Å². The van der Waals surface area contributed by atoms with E-state index >= 15 is 0 Å². The van der Waals surface area contributed by atoms with E-state index in [9.17, 15) is 4.79 Å². The topological polar surface area (TPSA) is 89.8 Å². The van der Waals surface area contributed by atoms with Gasteiger partial charge in [-0.3, -0.25) is 4.98 Å². The van der Waals surface area contributed by atoms with Crippen LogP contribution < -0.4 is 15.4 Å². The highest BCUT2D eigenvalue weighted by Gasteiger charge is 2.22. The summed E-state index contributed by atoms with van der Waals surface area (Å²) in [6.07, 6.45) is 6.00. The number of urea groups is 1. The lowest BCUT2D eigenvalue weighted by Gasteiger charge is -2.14. The van der Waals surface area contributed by atoms with Gasteiger partial charge in [-0.2, -0.15) is 0 Å². The Kier molecular flexibility index (Phi) is 5.93. The van der Waals surface area contributed by atoms with Crippen molar-refractivity contribution in [3.63, 3.8) is 0 Å². The van der Waals surface area contributed by atoms with E-state index in [2.05, 4.69) is 20.8 Å². The molecule has 0 radical (unpaired) electrons. The predicted molar refractivity (Wildman–Crippen MR) is 114 cm³/mol. The second kappa shape index (κ2) is 9.13. The smallest absolute Gasteiger partial charge is 0.319 e. The number of ether oxygens (including phenoxy) is 1. The normalized spacial score (nSPS) is 15.2. The van der Waals surface area contributed by atoms with Gasteiger partial charge in [0.1, 0.15) is 12.4 Å². The van der Waals surface area contributed by atoms with Crippen LogP contribution in [-0.2, 0) is 4.84 Å². The van der Waals surface area contributed by atoms with Gasteiger partial charge in [-0.15, -0.1) is 0 Å². The fourth-order valence-corrected chi connectivity index (χ4v) is 3.13. The largest absolute Gasteiger partial charge is 0.487 e. The number of anilines is 1. The quantitative estimate of drug-likeness (QED) is 0.629. The molecule has 2 N–H and O–H groups in total. The molecule has 1 aromatic carbocycles. The maximum absolute atomic E-state index is 12.1. The van der Waals surface area contributed by atoms with Crippen molar-refractivity contribution in [3.8, 4) is 11.4 Å². The molecular formula is C22H23N5O3. The average molecular weight is 405 g/mol. The van der Waals surface area contributed by atoms with Crippen molar-refractivity contribution in [3.05, 3.63) is 72.8 Å². The summed E-state index contributed by atoms with van der Waals surface area (Å²) in [6, 6.07) is 15.0. The van der Waals surface area contributed by atoms with Crippen molar-refractivity contribution in [2.45, 2.75) is 19.4 Å². The first kappa shape index (κ1) is 19.5. The van der Waals surface area contributed by atoms with E-state index in [1.165, 1.54) is 0 Å². The molecule has 2 aromatic heterocycles. The lowest BCUT2D eigenvalue weighted by molar-refractivity contribution is 0.0470. The Morgan fingerprint density at radius 1 is 1.23 bits per heavy atom. The van der Waals surface area contributed by atoms with E-state index in [-0.39, 0.29) is 12.1 Å². The van der Waals surface area contributed by atoms with Crippen molar-refractivity contribution in [2.24, 2.45) is 5.16 Å². The summed E-state index contributed by atoms with van der Waals surface area (Å²) in [5, 5.41) is 9.63. The van der Waals surface area contributed by atoms with Crippen LogP contribution in [0.25, 0.3) is 5.69 Å². The lowest BCUT2D eigenvalue weighted by Crippen LogP contribution is -2.33. The minimum Gasteiger partial charge on any atom is -0.487 e. The first-order valence-corrected chi connectivity index (χ1v) is 9.71. The Hall–Kier alpha value is -3.81. The molecule has 1 aliphatic rings. The maximum Gasteiger partial charge on any atom is 0.319 e. The number of nitrogens with one attached hydrogen (secondary N) is 2. The van der Waals surface area contributed by atoms with E-state index in [1.807, 2.05) is 60.3 Å². The minimum absolute atomic E-state index is 0.189. The Balaban J connectivity index is 1.23. The molecule has 0 fully saturated rings. The number of carbonyl (C=O) groups excluding carboxylic acids is 1. The third-order valence-corrected chi connectivity index (χ3v) is 4.57. The number of aryl methyl sites for hydroxylation is 1. The number of pyridine rings is 1. The second-order valence-electron chi connectivity index (χ2n) is 6.95. The molecule has 0 saturated carbocycles. The molecule has 1 unspecified atom stereocenters. The van der Waals surface area contributed by atoms with E-state index in [4.69, 9.17) is 9.57 Å². The van der Waals surface area contributed by atoms with Crippen LogP contribution in [-0.4, -0.2) is 40.5 Å². The zero-order chi connectivity index (χ0) is 20.8. The zero-order valence-electron chi connectivity index (χ0n) is 16.6. The third kappa shape index (κ3) is 4.96. The lowest BCUT2D eigenvalue weighted by atomic mass is 10.2. The summed E-state index contributed by atoms with van der Waals surface area (Å²) in [5.41, 5.74) is 3.26. The number of amides is 2. The Morgan fingerprint density at radius 3 is 2.90 bits per heavy atom. The van der Waals surface area contributed by atoms with Gasteiger partial charge in [-0.1, -0.05) is 17.3 Å². The van der Waals surface area contributed by atoms with Crippen LogP contribution >= 0.6 is 0 Å². The first-order chi connectivity index (χ1) is 14.7. The van der Waals surface area contributed by atoms with Crippen molar-refractivity contribution in [2.75, 3.05) is 18.5 Å². The number of oxime groups is 1. The Morgan fingerprint density at radius 2 is 2.07 bits per heavy atom. The summed E-state index contributed by atoms with van der Waals surface area (Å²) >= 11 is 0. The maximum atomic E-state index is 12.1. The molecule has 30 heavy (non-hydrogen) atoms. The van der Waals surface area contributed by atoms with E-state index in [0.717, 1.165) is 22.8 Å². The Labute approximate surface area is 174 Å². The number of hydrogen-bond donors (Lipinski definition) is 2. The molecule has 2 amide bonds. The third-order valence-electron chi connectivity index (χ3n) is 4.57. The van der Waals surface area contributed by atoms with Crippen LogP contribution in [0, 0.1) is 6.92 Å². The van der Waals surface area contributed by atoms with Gasteiger partial charge in [-0.05, 0) is 43.3 Å². The fourth-order valence-electron chi connectivity index (χ4n) is 3.13. The van der Waals surface area contributed by atoms with Crippen molar-refractivity contribution < 1.29 is 14.4 Å². The molecule has 8 nitrogen and oxygen atoms in total. The highest BCUT2D eigenvalue weighted by molar-refractivity contribution is 5.94. The number of para-hydroxylation sites is 2. The molecule has 0 aliphatic carbocycles. The van der Waals surface area contributed by atoms with Gasteiger partial charge >= 0.3 is 6.03 Å². The standard InChI is InChI=1S/C22H23N5O3/c1-16-12-17(8-9-23-16)25-22(28)24-14-18-13-19(30-26-18)15-29-21-7-3-2-6-20(21)27-10-4-5-11-27/h2-12,19H,13-15H2,1H3,(H2,23,24,25,28). The first-order valence-electron chi connectivity index (χ1n) is 9.71. The molecular weight excluding hydrogens is 382 g/mol. The second-order valence-corrected chi connectivity index (χ2v) is 6.95. The molecule has 0 saturated heterocycles. The molecule has 0 bridgehead atoms. The van der Waals surface area contributed by atoms with Gasteiger partial charge in [0, 0.05) is 36.4 Å². The summed E-state index contributed by atoms with van der Waals surface area (Å²) in [5.74, 6) is 0.774. The minimum atomic E-state index is -0.302. The van der Waals surface area contributed by atoms with Crippen LogP contribution in [0.3, 0.4) is 0 Å². The van der Waals surface area contributed by atoms with Crippen molar-refractivity contribution in [1.29, 1.82) is 0 Å². The van der Waals surface area contributed by atoms with Crippen molar-refractivity contribution in [1.82, 2.24) is 14.9 Å². The van der Waals surface area contributed by atoms with Gasteiger partial charge in [0.2, 0.25) is 0 Å². The molecule has 1 aliphatic heterocycles. The Bertz CT molecular complexity index is 1030. The van der Waals surface area contributed by atoms with Crippen LogP contribution in [0.1, 0.15) is 12.1 Å². The van der Waals surface area contributed by atoms with Gasteiger partial charge in [0.15, 0.2) is 6.10 Å². The molecule has 3 aromatic rings. The summed E-state index contributed by atoms with van der Waals surface area (Å²) in [4.78, 5) is 21.6. The highest BCUT2D eigenvalue weighted by Crippen LogP contribution is 2.23. The van der Waals surface area contributed by atoms with E-state index in [0.29, 0.717) is 25.3 Å². The number of hydrogen-bond acceptors (Lipinski definition) is 5. The summed E-state index contributed by atoms with van der Waals surface area (Å²) in [7, 11) is 0. The molecule has 1 atom stereocenters. The van der Waals surface area contributed by atoms with Gasteiger partial charge in [-0.25, -0.2) is 4.79 Å². The predicted octanol–water partition coefficient (Wildman–Crippen LogP) is 3.53. The number of carbonyl (C=O) groups is 1. The SMILES string of the molecule is Cc1cc(NC(=O)NCC2=NOC(COc3ccccc3-n3cccc3)C2)ccn1. The van der Waals surface area contributed by atoms with E-state index in [1.54, 1.807) is 18.3 Å². The molecule has 0 spiro atoms. The van der Waals surface area contributed by atoms with Gasteiger partial charge < -0.3 is 24.8 Å². The van der Waals surface area contributed by atoms with E-state index < -0.39 is 0 Å². The molecule has 8 heteroatoms. The molecule has 154 valence electrons. The van der Waals surface area contributed by atoms with Crippen LogP contribution in [0.15, 0.2) is 72.3 Å². The number of aromatic nitrogens is 2. The van der Waals surface area contributed by atoms with Crippen LogP contribution in [0.5, 0.6) is 5.75 Å². The zero-order valence-corrected chi connectivity index (χ0v) is 16.6. The van der Waals surface area contributed by atoms with Crippen LogP contribution in [0.4, 0.5) is 10.5 Å². The van der Waals surface area contributed by atoms with Crippen molar-refractivity contribution >= 4 is 17.4 Å². The molecule has 3 heterocycles.